The molecule has 15 nitrogen and oxygen atoms in total. The van der Waals surface area contributed by atoms with E-state index in [1.54, 1.807) is 13.8 Å². The van der Waals surface area contributed by atoms with Crippen molar-refractivity contribution in [3.63, 3.8) is 0 Å². The van der Waals surface area contributed by atoms with Gasteiger partial charge >= 0.3 is 0 Å². The highest BCUT2D eigenvalue weighted by atomic mass is 32.2. The predicted octanol–water partition coefficient (Wildman–Crippen LogP) is -3.03. The van der Waals surface area contributed by atoms with Crippen molar-refractivity contribution in [2.24, 2.45) is 17.4 Å². The van der Waals surface area contributed by atoms with Gasteiger partial charge in [-0.15, -0.1) is 0 Å². The molecule has 0 aromatic heterocycles. The molecule has 6 amide bonds. The van der Waals surface area contributed by atoms with E-state index in [9.17, 15) is 39.0 Å². The Bertz CT molecular complexity index is 950. The zero-order valence-corrected chi connectivity index (χ0v) is 25.5. The van der Waals surface area contributed by atoms with Crippen LogP contribution in [0.5, 0.6) is 0 Å². The highest BCUT2D eigenvalue weighted by molar-refractivity contribution is 7.99. The average molecular weight is 618 g/mol. The highest BCUT2D eigenvalue weighted by Crippen LogP contribution is 2.12. The van der Waals surface area contributed by atoms with Crippen molar-refractivity contribution in [2.45, 2.75) is 102 Å². The first-order valence-corrected chi connectivity index (χ1v) is 15.3. The standard InChI is InChI=1S/C26H47N7O8S/c1-13(2)19(25(40)32-20(14(3)34)22(28)37)31-26(41)21(15(4)35)33-24(39)17-12-42-11-7-5-6-8-18(36)29-16(9-10-27)23(38)30-17/h13-17,19-21,34-35H,5-12,27H2,1-4H3,(H2,28,37)(H,29,36)(H,30,38)(H,31,41)(H,32,40)(H,33,39)/t14-,15-,16?,17?,19+,20+,21+/m1/s1. The van der Waals surface area contributed by atoms with Crippen molar-refractivity contribution in [3.05, 3.63) is 0 Å². The Morgan fingerprint density at radius 1 is 0.905 bits per heavy atom. The van der Waals surface area contributed by atoms with Crippen LogP contribution >= 0.6 is 11.8 Å². The molecule has 7 atom stereocenters. The van der Waals surface area contributed by atoms with Crippen LogP contribution in [0.4, 0.5) is 0 Å². The molecule has 1 rings (SSSR count). The van der Waals surface area contributed by atoms with Crippen LogP contribution in [0.2, 0.25) is 0 Å². The number of hydrogen-bond donors (Lipinski definition) is 9. The molecule has 11 N–H and O–H groups in total. The van der Waals surface area contributed by atoms with Crippen molar-refractivity contribution in [1.29, 1.82) is 0 Å². The predicted molar refractivity (Wildman–Crippen MR) is 157 cm³/mol. The van der Waals surface area contributed by atoms with E-state index in [0.717, 1.165) is 12.8 Å². The molecule has 0 saturated carbocycles. The van der Waals surface area contributed by atoms with Crippen LogP contribution in [0, 0.1) is 5.92 Å². The minimum absolute atomic E-state index is 0.121. The van der Waals surface area contributed by atoms with Crippen LogP contribution < -0.4 is 38.1 Å². The molecule has 0 radical (unpaired) electrons. The summed E-state index contributed by atoms with van der Waals surface area (Å²) in [4.78, 5) is 76.3. The Labute approximate surface area is 250 Å². The summed E-state index contributed by atoms with van der Waals surface area (Å²) in [6.07, 6.45) is -0.00469. The summed E-state index contributed by atoms with van der Waals surface area (Å²) < 4.78 is 0. The van der Waals surface area contributed by atoms with Crippen LogP contribution in [0.3, 0.4) is 0 Å². The molecular weight excluding hydrogens is 570 g/mol. The highest BCUT2D eigenvalue weighted by Gasteiger charge is 2.35. The van der Waals surface area contributed by atoms with Crippen LogP contribution in [-0.4, -0.2) is 106 Å². The van der Waals surface area contributed by atoms with E-state index >= 15 is 0 Å². The van der Waals surface area contributed by atoms with Gasteiger partial charge in [0, 0.05) is 12.2 Å². The van der Waals surface area contributed by atoms with Gasteiger partial charge in [-0.3, -0.25) is 28.8 Å². The third kappa shape index (κ3) is 12.5. The summed E-state index contributed by atoms with van der Waals surface area (Å²) in [6.45, 7) is 5.91. The number of hydrogen-bond acceptors (Lipinski definition) is 10. The molecule has 16 heteroatoms. The lowest BCUT2D eigenvalue weighted by atomic mass is 10.0. The van der Waals surface area contributed by atoms with Crippen LogP contribution in [-0.2, 0) is 28.8 Å². The zero-order chi connectivity index (χ0) is 32.0. The van der Waals surface area contributed by atoms with Gasteiger partial charge in [0.2, 0.25) is 35.4 Å². The molecule has 0 spiro atoms. The first-order valence-electron chi connectivity index (χ1n) is 14.1. The van der Waals surface area contributed by atoms with Gasteiger partial charge in [-0.1, -0.05) is 20.3 Å². The summed E-state index contributed by atoms with van der Waals surface area (Å²) in [5, 5.41) is 32.7. The third-order valence-corrected chi connectivity index (χ3v) is 7.76. The Kier molecular flexibility index (Phi) is 16.4. The molecule has 1 aliphatic heterocycles. The quantitative estimate of drug-likeness (QED) is 0.107. The summed E-state index contributed by atoms with van der Waals surface area (Å²) >= 11 is 1.42. The number of aliphatic hydroxyl groups is 2. The number of thioether (sulfide) groups is 1. The largest absolute Gasteiger partial charge is 0.391 e. The monoisotopic (exact) mass is 617 g/mol. The number of nitrogens with one attached hydrogen (secondary N) is 5. The van der Waals surface area contributed by atoms with Gasteiger partial charge in [0.05, 0.1) is 12.2 Å². The second-order valence-corrected chi connectivity index (χ2v) is 11.9. The summed E-state index contributed by atoms with van der Waals surface area (Å²) in [5.41, 5.74) is 10.9. The number of primary amides is 1. The fourth-order valence-corrected chi connectivity index (χ4v) is 5.18. The first kappa shape index (κ1) is 37.1. The van der Waals surface area contributed by atoms with Crippen LogP contribution in [0.15, 0.2) is 0 Å². The summed E-state index contributed by atoms with van der Waals surface area (Å²) in [7, 11) is 0. The summed E-state index contributed by atoms with van der Waals surface area (Å²) in [5.74, 6) is -3.96. The lowest BCUT2D eigenvalue weighted by Crippen LogP contribution is -2.63. The van der Waals surface area contributed by atoms with Crippen LogP contribution in [0.1, 0.15) is 59.8 Å². The van der Waals surface area contributed by atoms with E-state index in [2.05, 4.69) is 26.6 Å². The Morgan fingerprint density at radius 3 is 2.05 bits per heavy atom. The van der Waals surface area contributed by atoms with Crippen molar-refractivity contribution in [2.75, 3.05) is 18.1 Å². The number of aliphatic hydroxyl groups excluding tert-OH is 2. The van der Waals surface area contributed by atoms with Gasteiger partial charge in [-0.05, 0) is 51.3 Å². The maximum absolute atomic E-state index is 13.3. The van der Waals surface area contributed by atoms with Gasteiger partial charge < -0.3 is 48.3 Å². The van der Waals surface area contributed by atoms with Crippen molar-refractivity contribution in [1.82, 2.24) is 26.6 Å². The molecular formula is C26H47N7O8S. The number of nitrogens with two attached hydrogens (primary N) is 2. The number of carbonyl (C=O) groups is 6. The summed E-state index contributed by atoms with van der Waals surface area (Å²) in [6, 6.07) is -6.18. The SMILES string of the molecule is CC(C)[C@H](NC(=O)[C@@H](NC(=O)C1CSCCCCCC(=O)NC(CCN)C(=O)N1)[C@@H](C)O)C(=O)N[C@H](C(N)=O)[C@@H](C)O. The lowest BCUT2D eigenvalue weighted by molar-refractivity contribution is -0.137. The van der Waals surface area contributed by atoms with Gasteiger partial charge in [-0.2, -0.15) is 11.8 Å². The number of amides is 6. The van der Waals surface area contributed by atoms with Gasteiger partial charge in [0.1, 0.15) is 30.2 Å². The molecule has 1 heterocycles. The normalized spacial score (nSPS) is 22.4. The molecule has 0 aromatic carbocycles. The molecule has 0 aliphatic carbocycles. The fraction of sp³-hybridized carbons (Fsp3) is 0.769. The smallest absolute Gasteiger partial charge is 0.245 e. The van der Waals surface area contributed by atoms with Gasteiger partial charge in [0.15, 0.2) is 0 Å². The minimum Gasteiger partial charge on any atom is -0.391 e. The fourth-order valence-electron chi connectivity index (χ4n) is 4.13. The van der Waals surface area contributed by atoms with Crippen molar-refractivity contribution >= 4 is 47.2 Å². The van der Waals surface area contributed by atoms with E-state index in [1.807, 2.05) is 0 Å². The van der Waals surface area contributed by atoms with Crippen molar-refractivity contribution in [3.8, 4) is 0 Å². The number of rotatable bonds is 12. The maximum Gasteiger partial charge on any atom is 0.245 e. The number of carbonyl (C=O) groups excluding carboxylic acids is 6. The second kappa shape index (κ2) is 18.6. The van der Waals surface area contributed by atoms with E-state index < -0.39 is 77.9 Å². The molecule has 0 bridgehead atoms. The lowest BCUT2D eigenvalue weighted by Gasteiger charge is -2.29. The Balaban J connectivity index is 3.10. The van der Waals surface area contributed by atoms with Gasteiger partial charge in [0.25, 0.3) is 0 Å². The molecule has 1 fully saturated rings. The second-order valence-electron chi connectivity index (χ2n) is 10.7. The molecule has 42 heavy (non-hydrogen) atoms. The van der Waals surface area contributed by atoms with Crippen LogP contribution in [0.25, 0.3) is 0 Å². The zero-order valence-electron chi connectivity index (χ0n) is 24.7. The van der Waals surface area contributed by atoms with E-state index in [1.165, 1.54) is 25.6 Å². The molecule has 2 unspecified atom stereocenters. The van der Waals surface area contributed by atoms with Crippen molar-refractivity contribution < 1.29 is 39.0 Å². The van der Waals surface area contributed by atoms with E-state index in [4.69, 9.17) is 11.5 Å². The average Bonchev–Trinajstić information content (AvgIpc) is 2.91. The topological polar surface area (TPSA) is 255 Å². The molecule has 240 valence electrons. The molecule has 1 saturated heterocycles. The Morgan fingerprint density at radius 2 is 1.50 bits per heavy atom. The Hall–Kier alpha value is -2.95. The molecule has 0 aromatic rings. The minimum atomic E-state index is -1.51. The molecule has 1 aliphatic rings. The van der Waals surface area contributed by atoms with E-state index in [0.29, 0.717) is 12.2 Å². The van der Waals surface area contributed by atoms with Gasteiger partial charge in [-0.25, -0.2) is 0 Å². The third-order valence-electron chi connectivity index (χ3n) is 6.61. The first-order chi connectivity index (χ1) is 19.7. The maximum atomic E-state index is 13.3. The van der Waals surface area contributed by atoms with E-state index in [-0.39, 0.29) is 31.0 Å².